The summed E-state index contributed by atoms with van der Waals surface area (Å²) in [5.74, 6) is -0.294. The van der Waals surface area contributed by atoms with Crippen LogP contribution in [0.25, 0.3) is 0 Å². The molecule has 1 amide bonds. The van der Waals surface area contributed by atoms with Crippen molar-refractivity contribution in [3.8, 4) is 5.75 Å². The number of nitrogens with one attached hydrogen (secondary N) is 1. The van der Waals surface area contributed by atoms with Crippen molar-refractivity contribution in [2.24, 2.45) is 7.05 Å². The van der Waals surface area contributed by atoms with Crippen molar-refractivity contribution < 1.29 is 9.90 Å². The van der Waals surface area contributed by atoms with Crippen molar-refractivity contribution in [2.45, 2.75) is 0 Å². The summed E-state index contributed by atoms with van der Waals surface area (Å²) in [5, 5.41) is 16.1. The lowest BCUT2D eigenvalue weighted by Crippen LogP contribution is -2.11. The molecule has 0 aliphatic heterocycles. The van der Waals surface area contributed by atoms with Gasteiger partial charge < -0.3 is 10.4 Å². The van der Waals surface area contributed by atoms with E-state index in [1.807, 2.05) is 0 Å². The third kappa shape index (κ3) is 2.65. The quantitative estimate of drug-likeness (QED) is 0.834. The number of aryl methyl sites for hydroxylation is 1. The average molecular weight is 296 g/mol. The zero-order valence-corrected chi connectivity index (χ0v) is 10.6. The van der Waals surface area contributed by atoms with Crippen LogP contribution in [-0.4, -0.2) is 20.8 Å². The van der Waals surface area contributed by atoms with Crippen molar-refractivity contribution in [1.82, 2.24) is 9.78 Å². The number of nitrogens with zero attached hydrogens (tertiary/aromatic N) is 2. The molecule has 2 N–H and O–H groups in total. The minimum Gasteiger partial charge on any atom is -0.506 e. The maximum absolute atomic E-state index is 11.8. The Morgan fingerprint density at radius 1 is 1.53 bits per heavy atom. The van der Waals surface area contributed by atoms with E-state index in [0.29, 0.717) is 11.3 Å². The number of halogens is 1. The molecule has 1 aromatic heterocycles. The second kappa shape index (κ2) is 4.58. The molecule has 2 rings (SSSR count). The molecule has 0 unspecified atom stereocenters. The molecule has 1 aromatic carbocycles. The van der Waals surface area contributed by atoms with E-state index in [-0.39, 0.29) is 11.7 Å². The maximum Gasteiger partial charge on any atom is 0.258 e. The van der Waals surface area contributed by atoms with Crippen LogP contribution in [0.3, 0.4) is 0 Å². The standard InChI is InChI=1S/C11H10BrN3O2/c1-15-6-7(5-13-15)11(17)14-9-4-8(12)2-3-10(9)16/h2-6,16H,1H3,(H,14,17). The van der Waals surface area contributed by atoms with Crippen LogP contribution >= 0.6 is 15.9 Å². The van der Waals surface area contributed by atoms with Gasteiger partial charge in [-0.15, -0.1) is 0 Å². The third-order valence-corrected chi connectivity index (χ3v) is 2.67. The molecule has 0 spiro atoms. The summed E-state index contributed by atoms with van der Waals surface area (Å²) < 4.78 is 2.31. The smallest absolute Gasteiger partial charge is 0.258 e. The molecule has 0 saturated heterocycles. The highest BCUT2D eigenvalue weighted by Gasteiger charge is 2.10. The summed E-state index contributed by atoms with van der Waals surface area (Å²) in [6, 6.07) is 4.82. The minimum atomic E-state index is -0.313. The Kier molecular flexibility index (Phi) is 3.14. The predicted molar refractivity (Wildman–Crippen MR) is 67.0 cm³/mol. The highest BCUT2D eigenvalue weighted by Crippen LogP contribution is 2.27. The van der Waals surface area contributed by atoms with Crippen LogP contribution in [0.15, 0.2) is 35.1 Å². The van der Waals surface area contributed by atoms with Gasteiger partial charge >= 0.3 is 0 Å². The molecule has 0 atom stereocenters. The van der Waals surface area contributed by atoms with Gasteiger partial charge in [0.1, 0.15) is 5.75 Å². The number of phenolic OH excluding ortho intramolecular Hbond substituents is 1. The minimum absolute atomic E-state index is 0.0189. The summed E-state index contributed by atoms with van der Waals surface area (Å²) in [5.41, 5.74) is 0.792. The molecule has 0 bridgehead atoms. The fourth-order valence-corrected chi connectivity index (χ4v) is 1.70. The van der Waals surface area contributed by atoms with Crippen LogP contribution in [0.4, 0.5) is 5.69 Å². The van der Waals surface area contributed by atoms with E-state index in [4.69, 9.17) is 0 Å². The van der Waals surface area contributed by atoms with E-state index in [2.05, 4.69) is 26.3 Å². The molecule has 6 heteroatoms. The number of carbonyl (C=O) groups excluding carboxylic acids is 1. The molecule has 0 fully saturated rings. The molecule has 0 saturated carbocycles. The highest BCUT2D eigenvalue weighted by atomic mass is 79.9. The van der Waals surface area contributed by atoms with Crippen LogP contribution in [0.1, 0.15) is 10.4 Å². The zero-order valence-electron chi connectivity index (χ0n) is 9.01. The molecular formula is C11H10BrN3O2. The largest absolute Gasteiger partial charge is 0.506 e. The number of aromatic hydroxyl groups is 1. The maximum atomic E-state index is 11.8. The number of hydrogen-bond donors (Lipinski definition) is 2. The van der Waals surface area contributed by atoms with Gasteiger partial charge in [0.15, 0.2) is 0 Å². The van der Waals surface area contributed by atoms with Crippen molar-refractivity contribution in [3.63, 3.8) is 0 Å². The van der Waals surface area contributed by atoms with Crippen LogP contribution in [0.2, 0.25) is 0 Å². The molecule has 0 aliphatic carbocycles. The van der Waals surface area contributed by atoms with Gasteiger partial charge in [-0.05, 0) is 18.2 Å². The molecule has 17 heavy (non-hydrogen) atoms. The number of phenols is 1. The molecule has 88 valence electrons. The highest BCUT2D eigenvalue weighted by molar-refractivity contribution is 9.10. The number of hydrogen-bond acceptors (Lipinski definition) is 3. The first kappa shape index (κ1) is 11.7. The Labute approximate surface area is 106 Å². The summed E-state index contributed by atoms with van der Waals surface area (Å²) in [6.07, 6.45) is 3.06. The van der Waals surface area contributed by atoms with Crippen molar-refractivity contribution >= 4 is 27.5 Å². The van der Waals surface area contributed by atoms with Crippen molar-refractivity contribution in [3.05, 3.63) is 40.6 Å². The molecule has 0 aliphatic rings. The van der Waals surface area contributed by atoms with Crippen LogP contribution in [0.5, 0.6) is 5.75 Å². The van der Waals surface area contributed by atoms with E-state index >= 15 is 0 Å². The molecule has 1 heterocycles. The van der Waals surface area contributed by atoms with E-state index in [1.165, 1.54) is 16.9 Å². The Balaban J connectivity index is 2.21. The fraction of sp³-hybridized carbons (Fsp3) is 0.0909. The Morgan fingerprint density at radius 2 is 2.29 bits per heavy atom. The monoisotopic (exact) mass is 295 g/mol. The molecule has 5 nitrogen and oxygen atoms in total. The number of rotatable bonds is 2. The second-order valence-corrected chi connectivity index (χ2v) is 4.43. The Bertz CT molecular complexity index is 566. The third-order valence-electron chi connectivity index (χ3n) is 2.17. The van der Waals surface area contributed by atoms with Gasteiger partial charge in [0, 0.05) is 17.7 Å². The van der Waals surface area contributed by atoms with Crippen LogP contribution in [-0.2, 0) is 7.05 Å². The summed E-state index contributed by atoms with van der Waals surface area (Å²) in [4.78, 5) is 11.8. The lowest BCUT2D eigenvalue weighted by atomic mass is 10.2. The van der Waals surface area contributed by atoms with E-state index in [0.717, 1.165) is 4.47 Å². The normalized spacial score (nSPS) is 10.2. The number of aromatic nitrogens is 2. The van der Waals surface area contributed by atoms with Gasteiger partial charge in [0.2, 0.25) is 0 Å². The first-order valence-electron chi connectivity index (χ1n) is 4.85. The van der Waals surface area contributed by atoms with Gasteiger partial charge in [0.05, 0.1) is 17.4 Å². The van der Waals surface area contributed by atoms with Crippen LogP contribution in [0, 0.1) is 0 Å². The number of benzene rings is 1. The topological polar surface area (TPSA) is 67.2 Å². The number of anilines is 1. The van der Waals surface area contributed by atoms with E-state index in [9.17, 15) is 9.90 Å². The van der Waals surface area contributed by atoms with Crippen molar-refractivity contribution in [1.29, 1.82) is 0 Å². The Morgan fingerprint density at radius 3 is 2.94 bits per heavy atom. The van der Waals surface area contributed by atoms with Gasteiger partial charge in [-0.2, -0.15) is 5.10 Å². The van der Waals surface area contributed by atoms with Crippen LogP contribution < -0.4 is 5.32 Å². The predicted octanol–water partition coefficient (Wildman–Crippen LogP) is 2.14. The molecular weight excluding hydrogens is 286 g/mol. The summed E-state index contributed by atoms with van der Waals surface area (Å²) in [7, 11) is 1.73. The lowest BCUT2D eigenvalue weighted by molar-refractivity contribution is 0.102. The molecule has 0 radical (unpaired) electrons. The summed E-state index contributed by atoms with van der Waals surface area (Å²) in [6.45, 7) is 0. The van der Waals surface area contributed by atoms with Crippen molar-refractivity contribution in [2.75, 3.05) is 5.32 Å². The first-order chi connectivity index (χ1) is 8.06. The van der Waals surface area contributed by atoms with Gasteiger partial charge in [-0.1, -0.05) is 15.9 Å². The SMILES string of the molecule is Cn1cc(C(=O)Nc2cc(Br)ccc2O)cn1. The number of amides is 1. The zero-order chi connectivity index (χ0) is 12.4. The van der Waals surface area contributed by atoms with Gasteiger partial charge in [-0.3, -0.25) is 9.48 Å². The number of carbonyl (C=O) groups is 1. The Hall–Kier alpha value is -1.82. The van der Waals surface area contributed by atoms with E-state index in [1.54, 1.807) is 25.4 Å². The lowest BCUT2D eigenvalue weighted by Gasteiger charge is -2.06. The average Bonchev–Trinajstić information content (AvgIpc) is 2.70. The fourth-order valence-electron chi connectivity index (χ4n) is 1.34. The summed E-state index contributed by atoms with van der Waals surface area (Å²) >= 11 is 3.27. The molecule has 2 aromatic rings. The van der Waals surface area contributed by atoms with Gasteiger partial charge in [-0.25, -0.2) is 0 Å². The first-order valence-corrected chi connectivity index (χ1v) is 5.64. The second-order valence-electron chi connectivity index (χ2n) is 3.52. The van der Waals surface area contributed by atoms with Gasteiger partial charge in [0.25, 0.3) is 5.91 Å². The van der Waals surface area contributed by atoms with E-state index < -0.39 is 0 Å².